The lowest BCUT2D eigenvalue weighted by molar-refractivity contribution is 0.641. The maximum atomic E-state index is 4.68. The van der Waals surface area contributed by atoms with E-state index in [1.165, 1.54) is 50.9 Å². The van der Waals surface area contributed by atoms with Crippen LogP contribution in [0.3, 0.4) is 0 Å². The predicted octanol–water partition coefficient (Wildman–Crippen LogP) is 7.81. The molecule has 1 nitrogen and oxygen atoms in total. The van der Waals surface area contributed by atoms with Crippen molar-refractivity contribution in [3.05, 3.63) is 112 Å². The lowest BCUT2D eigenvalue weighted by atomic mass is 9.87. The Labute approximate surface area is 198 Å². The van der Waals surface area contributed by atoms with Gasteiger partial charge in [-0.05, 0) is 96.0 Å². The fourth-order valence-electron chi connectivity index (χ4n) is 5.01. The minimum Gasteiger partial charge on any atom is -0.256 e. The maximum absolute atomic E-state index is 4.68. The molecule has 0 unspecified atom stereocenters. The van der Waals surface area contributed by atoms with Gasteiger partial charge in [-0.1, -0.05) is 80.1 Å². The van der Waals surface area contributed by atoms with Crippen molar-refractivity contribution >= 4 is 0 Å². The molecule has 0 amide bonds. The average Bonchev–Trinajstić information content (AvgIpc) is 2.81. The van der Waals surface area contributed by atoms with Crippen molar-refractivity contribution in [2.45, 2.75) is 52.9 Å². The summed E-state index contributed by atoms with van der Waals surface area (Å²) in [7, 11) is 0. The summed E-state index contributed by atoms with van der Waals surface area (Å²) in [6.45, 7) is 6.77. The second kappa shape index (κ2) is 9.35. The van der Waals surface area contributed by atoms with E-state index >= 15 is 0 Å². The Morgan fingerprint density at radius 3 is 2.15 bits per heavy atom. The highest BCUT2D eigenvalue weighted by atomic mass is 14.7. The van der Waals surface area contributed by atoms with E-state index in [0.717, 1.165) is 31.4 Å². The number of aryl methyl sites for hydroxylation is 5. The number of hydrogen-bond acceptors (Lipinski definition) is 1. The molecule has 1 heterocycles. The minimum atomic E-state index is 0.686. The van der Waals surface area contributed by atoms with E-state index in [1.807, 2.05) is 6.20 Å². The lowest BCUT2D eigenvalue weighted by Gasteiger charge is -2.18. The first-order chi connectivity index (χ1) is 16.0. The molecular formula is C32H33N. The van der Waals surface area contributed by atoms with Crippen LogP contribution in [0.4, 0.5) is 0 Å². The molecule has 0 radical (unpaired) electrons. The van der Waals surface area contributed by atoms with Crippen molar-refractivity contribution in [1.29, 1.82) is 0 Å². The van der Waals surface area contributed by atoms with Crippen LogP contribution in [0, 0.1) is 12.8 Å². The molecule has 1 aromatic heterocycles. The number of pyridine rings is 1. The van der Waals surface area contributed by atoms with Crippen molar-refractivity contribution in [3.8, 4) is 22.4 Å². The molecule has 166 valence electrons. The van der Waals surface area contributed by atoms with Gasteiger partial charge in [0.2, 0.25) is 0 Å². The first-order valence-corrected chi connectivity index (χ1v) is 12.3. The molecule has 1 heteroatoms. The molecule has 0 saturated heterocycles. The molecule has 4 aliphatic carbocycles. The van der Waals surface area contributed by atoms with Gasteiger partial charge in [-0.3, -0.25) is 4.98 Å². The van der Waals surface area contributed by atoms with E-state index in [4.69, 9.17) is 0 Å². The predicted molar refractivity (Wildman–Crippen MR) is 140 cm³/mol. The first kappa shape index (κ1) is 21.6. The molecule has 4 bridgehead atoms. The van der Waals surface area contributed by atoms with Crippen LogP contribution in [0.25, 0.3) is 22.4 Å². The molecule has 4 aliphatic rings. The SMILES string of the molecule is Cc1ccc(-c2cc(-c3cc4ccc3CCc3ccc(c(CC(C)C)c3)CC4)ccn2)cc1. The summed E-state index contributed by atoms with van der Waals surface area (Å²) in [5, 5.41) is 0. The Kier molecular flexibility index (Phi) is 6.13. The topological polar surface area (TPSA) is 12.9 Å². The molecule has 8 rings (SSSR count). The highest BCUT2D eigenvalue weighted by molar-refractivity contribution is 5.73. The van der Waals surface area contributed by atoms with Crippen molar-refractivity contribution < 1.29 is 0 Å². The third-order valence-electron chi connectivity index (χ3n) is 6.86. The third kappa shape index (κ3) is 4.93. The van der Waals surface area contributed by atoms with Gasteiger partial charge in [0.1, 0.15) is 0 Å². The van der Waals surface area contributed by atoms with Gasteiger partial charge in [-0.2, -0.15) is 0 Å². The first-order valence-electron chi connectivity index (χ1n) is 12.3. The number of hydrogen-bond donors (Lipinski definition) is 0. The zero-order valence-electron chi connectivity index (χ0n) is 20.1. The van der Waals surface area contributed by atoms with E-state index in [2.05, 4.69) is 98.6 Å². The summed E-state index contributed by atoms with van der Waals surface area (Å²) >= 11 is 0. The summed E-state index contributed by atoms with van der Waals surface area (Å²) < 4.78 is 0. The van der Waals surface area contributed by atoms with Gasteiger partial charge in [0.05, 0.1) is 5.69 Å². The van der Waals surface area contributed by atoms with E-state index in [9.17, 15) is 0 Å². The van der Waals surface area contributed by atoms with Crippen molar-refractivity contribution in [2.24, 2.45) is 5.92 Å². The van der Waals surface area contributed by atoms with Crippen molar-refractivity contribution in [3.63, 3.8) is 0 Å². The molecular weight excluding hydrogens is 398 g/mol. The monoisotopic (exact) mass is 431 g/mol. The van der Waals surface area contributed by atoms with E-state index in [0.29, 0.717) is 5.92 Å². The van der Waals surface area contributed by atoms with Gasteiger partial charge >= 0.3 is 0 Å². The molecule has 0 spiro atoms. The summed E-state index contributed by atoms with van der Waals surface area (Å²) in [5.41, 5.74) is 13.5. The van der Waals surface area contributed by atoms with Crippen LogP contribution in [0.1, 0.15) is 47.2 Å². The van der Waals surface area contributed by atoms with E-state index < -0.39 is 0 Å². The van der Waals surface area contributed by atoms with Gasteiger partial charge in [-0.25, -0.2) is 0 Å². The summed E-state index contributed by atoms with van der Waals surface area (Å²) in [6, 6.07) is 27.4. The number of benzene rings is 3. The van der Waals surface area contributed by atoms with E-state index in [1.54, 1.807) is 5.56 Å². The van der Waals surface area contributed by atoms with Crippen LogP contribution in [0.2, 0.25) is 0 Å². The van der Waals surface area contributed by atoms with Gasteiger partial charge in [0.25, 0.3) is 0 Å². The largest absolute Gasteiger partial charge is 0.256 e. The molecule has 4 aromatic rings. The molecule has 0 N–H and O–H groups in total. The third-order valence-corrected chi connectivity index (χ3v) is 6.86. The highest BCUT2D eigenvalue weighted by Crippen LogP contribution is 2.31. The molecule has 0 fully saturated rings. The van der Waals surface area contributed by atoms with E-state index in [-0.39, 0.29) is 0 Å². The fourth-order valence-corrected chi connectivity index (χ4v) is 5.01. The second-order valence-corrected chi connectivity index (χ2v) is 9.99. The van der Waals surface area contributed by atoms with Crippen molar-refractivity contribution in [2.75, 3.05) is 0 Å². The Morgan fingerprint density at radius 2 is 1.39 bits per heavy atom. The van der Waals surface area contributed by atoms with Gasteiger partial charge < -0.3 is 0 Å². The number of nitrogens with zero attached hydrogens (tertiary/aromatic N) is 1. The van der Waals surface area contributed by atoms with Crippen LogP contribution >= 0.6 is 0 Å². The Morgan fingerprint density at radius 1 is 0.697 bits per heavy atom. The Hall–Kier alpha value is -3.19. The second-order valence-electron chi connectivity index (χ2n) is 9.99. The van der Waals surface area contributed by atoms with Crippen LogP contribution in [-0.4, -0.2) is 4.98 Å². The van der Waals surface area contributed by atoms with Gasteiger partial charge in [0.15, 0.2) is 0 Å². The number of rotatable bonds is 4. The normalized spacial score (nSPS) is 13.2. The fraction of sp³-hybridized carbons (Fsp3) is 0.281. The van der Waals surface area contributed by atoms with Crippen LogP contribution in [0.5, 0.6) is 0 Å². The molecule has 3 aromatic carbocycles. The smallest absolute Gasteiger partial charge is 0.0708 e. The van der Waals surface area contributed by atoms with Crippen LogP contribution < -0.4 is 0 Å². The van der Waals surface area contributed by atoms with Gasteiger partial charge in [0, 0.05) is 11.8 Å². The molecule has 0 atom stereocenters. The molecule has 33 heavy (non-hydrogen) atoms. The van der Waals surface area contributed by atoms with Crippen LogP contribution in [0.15, 0.2) is 79.0 Å². The van der Waals surface area contributed by atoms with Crippen LogP contribution in [-0.2, 0) is 32.1 Å². The molecule has 0 aliphatic heterocycles. The zero-order valence-corrected chi connectivity index (χ0v) is 20.1. The van der Waals surface area contributed by atoms with Gasteiger partial charge in [-0.15, -0.1) is 0 Å². The summed E-state index contributed by atoms with van der Waals surface area (Å²) in [4.78, 5) is 4.68. The molecule has 0 saturated carbocycles. The quantitative estimate of drug-likeness (QED) is 0.321. The highest BCUT2D eigenvalue weighted by Gasteiger charge is 2.13. The summed E-state index contributed by atoms with van der Waals surface area (Å²) in [5.74, 6) is 0.686. The zero-order chi connectivity index (χ0) is 22.8. The minimum absolute atomic E-state index is 0.686. The Bertz CT molecular complexity index is 1260. The van der Waals surface area contributed by atoms with Crippen molar-refractivity contribution in [1.82, 2.24) is 4.98 Å². The summed E-state index contributed by atoms with van der Waals surface area (Å²) in [6.07, 6.45) is 7.44. The average molecular weight is 432 g/mol. The maximum Gasteiger partial charge on any atom is 0.0708 e. The standard InChI is InChI=1S/C32H33N/c1-22(2)18-30-19-24-6-12-26(30)13-7-25-9-15-27(14-8-24)31(20-25)29-16-17-33-32(21-29)28-10-4-23(3)5-11-28/h4-6,9-12,15-17,19-22H,7-8,13-14,18H2,1-3H3. The number of aromatic nitrogens is 1. The Balaban J connectivity index is 1.51. The lowest BCUT2D eigenvalue weighted by Crippen LogP contribution is -2.05.